The minimum absolute atomic E-state index is 0.0747. The Hall–Kier alpha value is -0.820. The van der Waals surface area contributed by atoms with Crippen LogP contribution in [0, 0.1) is 0 Å². The highest BCUT2D eigenvalue weighted by atomic mass is 16.9. The Bertz CT molecular complexity index is 374. The second kappa shape index (κ2) is 3.39. The van der Waals surface area contributed by atoms with Crippen LogP contribution in [0.4, 0.5) is 0 Å². The smallest absolute Gasteiger partial charge is 0.231 e. The number of rotatable bonds is 2. The Morgan fingerprint density at radius 2 is 1.56 bits per heavy atom. The lowest BCUT2D eigenvalue weighted by atomic mass is 9.94. The summed E-state index contributed by atoms with van der Waals surface area (Å²) in [6.07, 6.45) is -0.0747. The molecular weight excluding hydrogens is 240 g/mol. The van der Waals surface area contributed by atoms with Crippen LogP contribution in [0.2, 0.25) is 0 Å². The quantitative estimate of drug-likeness (QED) is 0.777. The lowest BCUT2D eigenvalue weighted by Gasteiger charge is -2.29. The zero-order valence-electron chi connectivity index (χ0n) is 11.2. The Balaban J connectivity index is 2.37. The lowest BCUT2D eigenvalue weighted by Crippen LogP contribution is -2.45. The van der Waals surface area contributed by atoms with Gasteiger partial charge in [-0.3, -0.25) is 9.59 Å². The third-order valence-corrected chi connectivity index (χ3v) is 3.84. The van der Waals surface area contributed by atoms with Gasteiger partial charge in [0, 0.05) is 13.3 Å². The molecule has 0 aromatic heterocycles. The Morgan fingerprint density at radius 1 is 1.00 bits per heavy atom. The summed E-state index contributed by atoms with van der Waals surface area (Å²) in [4.78, 5) is 23.1. The highest BCUT2D eigenvalue weighted by Crippen LogP contribution is 2.55. The molecule has 0 aliphatic carbocycles. The molecule has 0 bridgehead atoms. The molecule has 0 unspecified atom stereocenters. The molecule has 0 amide bonds. The number of aliphatic hydroxyl groups is 1. The van der Waals surface area contributed by atoms with Crippen molar-refractivity contribution in [3.8, 4) is 0 Å². The van der Waals surface area contributed by atoms with E-state index < -0.39 is 23.0 Å². The highest BCUT2D eigenvalue weighted by molar-refractivity contribution is 5.86. The number of carbonyl (C=O) groups is 2. The third kappa shape index (κ3) is 1.56. The summed E-state index contributed by atoms with van der Waals surface area (Å²) in [5.74, 6) is -5.51. The van der Waals surface area contributed by atoms with Crippen molar-refractivity contribution in [3.05, 3.63) is 0 Å². The molecule has 0 aromatic rings. The first-order chi connectivity index (χ1) is 7.97. The van der Waals surface area contributed by atoms with Crippen molar-refractivity contribution in [2.24, 2.45) is 0 Å². The molecule has 2 heterocycles. The first-order valence-electron chi connectivity index (χ1n) is 5.81. The minimum Gasteiger partial charge on any atom is -0.361 e. The van der Waals surface area contributed by atoms with E-state index in [1.54, 1.807) is 6.92 Å². The van der Waals surface area contributed by atoms with Crippen molar-refractivity contribution < 1.29 is 28.9 Å². The molecule has 2 saturated heterocycles. The van der Waals surface area contributed by atoms with Crippen LogP contribution >= 0.6 is 0 Å². The Labute approximate surface area is 105 Å². The maximum absolute atomic E-state index is 11.6. The van der Waals surface area contributed by atoms with Gasteiger partial charge in [-0.15, -0.1) is 0 Å². The van der Waals surface area contributed by atoms with Crippen LogP contribution in [0.1, 0.15) is 41.0 Å². The monoisotopic (exact) mass is 258 g/mol. The molecule has 2 aliphatic heterocycles. The normalized spacial score (nSPS) is 51.2. The average Bonchev–Trinajstić information content (AvgIpc) is 2.43. The fourth-order valence-corrected chi connectivity index (χ4v) is 2.45. The molecule has 0 aromatic carbocycles. The predicted molar refractivity (Wildman–Crippen MR) is 59.4 cm³/mol. The van der Waals surface area contributed by atoms with Crippen LogP contribution < -0.4 is 0 Å². The van der Waals surface area contributed by atoms with Crippen LogP contribution in [0.25, 0.3) is 0 Å². The predicted octanol–water partition coefficient (Wildman–Crippen LogP) is 0.511. The molecule has 2 fully saturated rings. The SMILES string of the molecule is CC(=O)[C@@]1(C)O[C@@]2(C)O[C@@](C)(C(C)=O)C[C@@]2(O)O1. The maximum Gasteiger partial charge on any atom is 0.231 e. The van der Waals surface area contributed by atoms with Crippen LogP contribution in [-0.2, 0) is 23.8 Å². The topological polar surface area (TPSA) is 82.1 Å². The molecule has 102 valence electrons. The zero-order chi connectivity index (χ0) is 14.0. The van der Waals surface area contributed by atoms with E-state index in [0.29, 0.717) is 0 Å². The first kappa shape index (κ1) is 13.6. The van der Waals surface area contributed by atoms with Crippen molar-refractivity contribution in [1.82, 2.24) is 0 Å². The van der Waals surface area contributed by atoms with Gasteiger partial charge >= 0.3 is 0 Å². The molecule has 0 saturated carbocycles. The number of fused-ring (bicyclic) bond motifs is 1. The van der Waals surface area contributed by atoms with E-state index in [2.05, 4.69) is 0 Å². The molecule has 18 heavy (non-hydrogen) atoms. The molecule has 1 N–H and O–H groups in total. The second-order valence-electron chi connectivity index (χ2n) is 5.50. The zero-order valence-corrected chi connectivity index (χ0v) is 11.2. The lowest BCUT2D eigenvalue weighted by molar-refractivity contribution is -0.271. The van der Waals surface area contributed by atoms with E-state index in [1.165, 1.54) is 27.7 Å². The number of ether oxygens (including phenoxy) is 3. The van der Waals surface area contributed by atoms with Gasteiger partial charge in [-0.1, -0.05) is 0 Å². The van der Waals surface area contributed by atoms with Crippen molar-refractivity contribution in [2.45, 2.75) is 64.0 Å². The molecule has 0 spiro atoms. The van der Waals surface area contributed by atoms with Gasteiger partial charge in [-0.2, -0.15) is 0 Å². The average molecular weight is 258 g/mol. The van der Waals surface area contributed by atoms with E-state index in [0.717, 1.165) is 0 Å². The fraction of sp³-hybridized carbons (Fsp3) is 0.833. The Morgan fingerprint density at radius 3 is 1.94 bits per heavy atom. The van der Waals surface area contributed by atoms with Crippen LogP contribution in [0.15, 0.2) is 0 Å². The van der Waals surface area contributed by atoms with Gasteiger partial charge in [-0.25, -0.2) is 0 Å². The number of carbonyl (C=O) groups excluding carboxylic acids is 2. The van der Waals surface area contributed by atoms with Crippen molar-refractivity contribution in [1.29, 1.82) is 0 Å². The van der Waals surface area contributed by atoms with Gasteiger partial charge in [-0.05, 0) is 27.7 Å². The molecule has 0 radical (unpaired) electrons. The summed E-state index contributed by atoms with van der Waals surface area (Å²) < 4.78 is 16.4. The van der Waals surface area contributed by atoms with Crippen LogP contribution in [0.3, 0.4) is 0 Å². The van der Waals surface area contributed by atoms with Crippen molar-refractivity contribution >= 4 is 11.6 Å². The van der Waals surface area contributed by atoms with Gasteiger partial charge in [0.2, 0.25) is 17.4 Å². The van der Waals surface area contributed by atoms with E-state index in [1.807, 2.05) is 0 Å². The van der Waals surface area contributed by atoms with E-state index in [4.69, 9.17) is 14.2 Å². The number of ketones is 2. The molecule has 4 atom stereocenters. The van der Waals surface area contributed by atoms with Gasteiger partial charge in [0.05, 0.1) is 0 Å². The summed E-state index contributed by atoms with van der Waals surface area (Å²) in [5, 5.41) is 10.5. The van der Waals surface area contributed by atoms with Crippen molar-refractivity contribution in [2.75, 3.05) is 0 Å². The molecule has 6 heteroatoms. The van der Waals surface area contributed by atoms with Gasteiger partial charge in [0.15, 0.2) is 11.6 Å². The van der Waals surface area contributed by atoms with Crippen LogP contribution in [-0.4, -0.2) is 39.6 Å². The fourth-order valence-electron chi connectivity index (χ4n) is 2.45. The van der Waals surface area contributed by atoms with Gasteiger partial charge in [0.1, 0.15) is 5.60 Å². The summed E-state index contributed by atoms with van der Waals surface area (Å²) >= 11 is 0. The number of hydrogen-bond donors (Lipinski definition) is 1. The first-order valence-corrected chi connectivity index (χ1v) is 5.81. The molecule has 2 rings (SSSR count). The van der Waals surface area contributed by atoms with Gasteiger partial charge in [0.25, 0.3) is 0 Å². The number of Topliss-reactive ketones (excluding diaryl/α,β-unsaturated/α-hetero) is 2. The van der Waals surface area contributed by atoms with E-state index >= 15 is 0 Å². The molecule has 6 nitrogen and oxygen atoms in total. The Kier molecular flexibility index (Phi) is 2.56. The summed E-state index contributed by atoms with van der Waals surface area (Å²) in [7, 11) is 0. The number of hydrogen-bond acceptors (Lipinski definition) is 6. The summed E-state index contributed by atoms with van der Waals surface area (Å²) in [6, 6.07) is 0. The maximum atomic E-state index is 11.6. The molecule has 2 aliphatic rings. The standard InChI is InChI=1S/C12H18O6/c1-7(13)9(3)6-12(15)11(5,16-9)17-10(4,18-12)8(2)14/h15H,6H2,1-5H3/t9-,10+,11-,12-/m1/s1. The summed E-state index contributed by atoms with van der Waals surface area (Å²) in [5.41, 5.74) is -1.18. The highest BCUT2D eigenvalue weighted by Gasteiger charge is 2.73. The third-order valence-electron chi connectivity index (χ3n) is 3.84. The largest absolute Gasteiger partial charge is 0.361 e. The second-order valence-corrected chi connectivity index (χ2v) is 5.50. The molecular formula is C12H18O6. The minimum atomic E-state index is -1.81. The van der Waals surface area contributed by atoms with E-state index in [9.17, 15) is 14.7 Å². The van der Waals surface area contributed by atoms with Gasteiger partial charge < -0.3 is 19.3 Å². The van der Waals surface area contributed by atoms with E-state index in [-0.39, 0.29) is 18.0 Å². The van der Waals surface area contributed by atoms with Crippen LogP contribution in [0.5, 0.6) is 0 Å². The summed E-state index contributed by atoms with van der Waals surface area (Å²) in [6.45, 7) is 7.13. The van der Waals surface area contributed by atoms with Crippen molar-refractivity contribution in [3.63, 3.8) is 0 Å².